The van der Waals surface area contributed by atoms with Gasteiger partial charge in [0, 0.05) is 43.9 Å². The summed E-state index contributed by atoms with van der Waals surface area (Å²) in [6, 6.07) is 8.24. The lowest BCUT2D eigenvalue weighted by atomic mass is 10.0. The fourth-order valence-electron chi connectivity index (χ4n) is 2.39. The first-order valence-corrected chi connectivity index (χ1v) is 6.50. The van der Waals surface area contributed by atoms with E-state index in [0.29, 0.717) is 0 Å². The molecule has 0 spiro atoms. The summed E-state index contributed by atoms with van der Waals surface area (Å²) in [5, 5.41) is 13.3. The van der Waals surface area contributed by atoms with Crippen molar-refractivity contribution in [3.63, 3.8) is 0 Å². The monoisotopic (exact) mass is 290 g/mol. The van der Waals surface area contributed by atoms with E-state index in [1.165, 1.54) is 5.56 Å². The number of hydrogen-bond acceptors (Lipinski definition) is 3. The Morgan fingerprint density at radius 3 is 2.67 bits per heavy atom. The third kappa shape index (κ3) is 4.11. The van der Waals surface area contributed by atoms with Crippen molar-refractivity contribution < 1.29 is 5.11 Å². The number of aliphatic hydroxyl groups excluding tert-OH is 1. The Labute approximate surface area is 120 Å². The quantitative estimate of drug-likeness (QED) is 0.891. The summed E-state index contributed by atoms with van der Waals surface area (Å²) in [7, 11) is 0. The molecule has 0 aromatic heterocycles. The molecular formula is C13H20Cl2N2O. The van der Waals surface area contributed by atoms with Gasteiger partial charge in [0.1, 0.15) is 0 Å². The van der Waals surface area contributed by atoms with E-state index in [1.54, 1.807) is 0 Å². The van der Waals surface area contributed by atoms with Crippen LogP contribution in [0.4, 0.5) is 0 Å². The highest BCUT2D eigenvalue weighted by Crippen LogP contribution is 2.26. The van der Waals surface area contributed by atoms with Crippen molar-refractivity contribution in [2.24, 2.45) is 0 Å². The van der Waals surface area contributed by atoms with Crippen LogP contribution in [0.2, 0.25) is 5.02 Å². The Bertz CT molecular complexity index is 357. The smallest absolute Gasteiger partial charge is 0.0449 e. The minimum atomic E-state index is 0. The molecule has 0 unspecified atom stereocenters. The molecule has 102 valence electrons. The second-order valence-electron chi connectivity index (χ2n) is 4.37. The van der Waals surface area contributed by atoms with Crippen LogP contribution < -0.4 is 5.32 Å². The molecule has 2 N–H and O–H groups in total. The standard InChI is InChI=1S/C13H19ClN2O.ClH/c14-12-3-1-2-11(10-12)13(4-9-17)16-7-5-15-6-8-16;/h1-3,10,13,15,17H,4-9H2;1H/t13-;/m1./s1. The van der Waals surface area contributed by atoms with E-state index < -0.39 is 0 Å². The summed E-state index contributed by atoms with van der Waals surface area (Å²) in [5.74, 6) is 0. The average molecular weight is 291 g/mol. The lowest BCUT2D eigenvalue weighted by molar-refractivity contribution is 0.141. The Morgan fingerprint density at radius 2 is 2.06 bits per heavy atom. The molecule has 3 nitrogen and oxygen atoms in total. The molecule has 5 heteroatoms. The van der Waals surface area contributed by atoms with Gasteiger partial charge in [0.05, 0.1) is 0 Å². The zero-order valence-electron chi connectivity index (χ0n) is 10.3. The average Bonchev–Trinajstić information content (AvgIpc) is 2.37. The molecule has 1 aromatic carbocycles. The second kappa shape index (κ2) is 7.97. The van der Waals surface area contributed by atoms with Gasteiger partial charge in [-0.3, -0.25) is 4.90 Å². The van der Waals surface area contributed by atoms with E-state index in [0.717, 1.165) is 37.6 Å². The number of aliphatic hydroxyl groups is 1. The fraction of sp³-hybridized carbons (Fsp3) is 0.538. The number of benzene rings is 1. The van der Waals surface area contributed by atoms with Crippen LogP contribution in [0, 0.1) is 0 Å². The van der Waals surface area contributed by atoms with Gasteiger partial charge in [-0.25, -0.2) is 0 Å². The molecule has 18 heavy (non-hydrogen) atoms. The third-order valence-corrected chi connectivity index (χ3v) is 3.46. The van der Waals surface area contributed by atoms with Gasteiger partial charge in [-0.05, 0) is 24.1 Å². The van der Waals surface area contributed by atoms with Gasteiger partial charge in [-0.2, -0.15) is 0 Å². The summed E-state index contributed by atoms with van der Waals surface area (Å²) >= 11 is 6.03. The third-order valence-electron chi connectivity index (χ3n) is 3.23. The van der Waals surface area contributed by atoms with E-state index in [9.17, 15) is 5.11 Å². The van der Waals surface area contributed by atoms with E-state index in [1.807, 2.05) is 18.2 Å². The van der Waals surface area contributed by atoms with Crippen LogP contribution in [0.3, 0.4) is 0 Å². The molecule has 0 aliphatic carbocycles. The number of halogens is 2. The van der Waals surface area contributed by atoms with Crippen molar-refractivity contribution in [1.29, 1.82) is 0 Å². The van der Waals surface area contributed by atoms with Gasteiger partial charge < -0.3 is 10.4 Å². The number of hydrogen-bond donors (Lipinski definition) is 2. The minimum absolute atomic E-state index is 0. The first-order valence-electron chi connectivity index (χ1n) is 6.12. The van der Waals surface area contributed by atoms with Gasteiger partial charge in [-0.1, -0.05) is 23.7 Å². The van der Waals surface area contributed by atoms with Crippen LogP contribution in [0.5, 0.6) is 0 Å². The van der Waals surface area contributed by atoms with E-state index >= 15 is 0 Å². The Balaban J connectivity index is 0.00000162. The zero-order chi connectivity index (χ0) is 12.1. The van der Waals surface area contributed by atoms with Crippen molar-refractivity contribution in [2.75, 3.05) is 32.8 Å². The molecule has 1 fully saturated rings. The minimum Gasteiger partial charge on any atom is -0.396 e. The van der Waals surface area contributed by atoms with Crippen molar-refractivity contribution >= 4 is 24.0 Å². The molecule has 0 saturated carbocycles. The van der Waals surface area contributed by atoms with Crippen LogP contribution in [0.1, 0.15) is 18.0 Å². The zero-order valence-corrected chi connectivity index (χ0v) is 11.9. The first-order chi connectivity index (χ1) is 8.31. The van der Waals surface area contributed by atoms with Gasteiger partial charge in [0.25, 0.3) is 0 Å². The van der Waals surface area contributed by atoms with Crippen LogP contribution in [0.15, 0.2) is 24.3 Å². The molecule has 1 aliphatic heterocycles. The molecule has 1 aromatic rings. The molecule has 0 amide bonds. The predicted octanol–water partition coefficient (Wildman–Crippen LogP) is 2.09. The SMILES string of the molecule is Cl.OCC[C@H](c1cccc(Cl)c1)N1CCNCC1. The van der Waals surface area contributed by atoms with Crippen LogP contribution in [0.25, 0.3) is 0 Å². The summed E-state index contributed by atoms with van der Waals surface area (Å²) < 4.78 is 0. The van der Waals surface area contributed by atoms with E-state index in [2.05, 4.69) is 16.3 Å². The summed E-state index contributed by atoms with van der Waals surface area (Å²) in [5.41, 5.74) is 1.20. The van der Waals surface area contributed by atoms with E-state index in [-0.39, 0.29) is 25.1 Å². The molecule has 1 saturated heterocycles. The number of piperazine rings is 1. The van der Waals surface area contributed by atoms with Crippen LogP contribution in [-0.2, 0) is 0 Å². The Kier molecular flexibility index (Phi) is 6.97. The topological polar surface area (TPSA) is 35.5 Å². The summed E-state index contributed by atoms with van der Waals surface area (Å²) in [6.45, 7) is 4.29. The number of rotatable bonds is 4. The van der Waals surface area contributed by atoms with Gasteiger partial charge in [0.2, 0.25) is 0 Å². The summed E-state index contributed by atoms with van der Waals surface area (Å²) in [6.07, 6.45) is 0.764. The number of nitrogens with zero attached hydrogens (tertiary/aromatic N) is 1. The maximum absolute atomic E-state index is 9.22. The molecule has 0 bridgehead atoms. The Morgan fingerprint density at radius 1 is 1.33 bits per heavy atom. The van der Waals surface area contributed by atoms with Crippen LogP contribution >= 0.6 is 24.0 Å². The number of nitrogens with one attached hydrogen (secondary N) is 1. The normalized spacial score (nSPS) is 18.1. The highest BCUT2D eigenvalue weighted by Gasteiger charge is 2.21. The van der Waals surface area contributed by atoms with Crippen molar-refractivity contribution in [3.05, 3.63) is 34.9 Å². The van der Waals surface area contributed by atoms with Crippen molar-refractivity contribution in [1.82, 2.24) is 10.2 Å². The highest BCUT2D eigenvalue weighted by atomic mass is 35.5. The van der Waals surface area contributed by atoms with Gasteiger partial charge in [-0.15, -0.1) is 12.4 Å². The molecule has 1 aliphatic rings. The molecule has 1 atom stereocenters. The fourth-order valence-corrected chi connectivity index (χ4v) is 2.59. The highest BCUT2D eigenvalue weighted by molar-refractivity contribution is 6.30. The molecular weight excluding hydrogens is 271 g/mol. The van der Waals surface area contributed by atoms with Crippen molar-refractivity contribution in [2.45, 2.75) is 12.5 Å². The molecule has 1 heterocycles. The molecule has 2 rings (SSSR count). The Hall–Kier alpha value is -0.320. The largest absolute Gasteiger partial charge is 0.396 e. The van der Waals surface area contributed by atoms with Gasteiger partial charge in [0.15, 0.2) is 0 Å². The second-order valence-corrected chi connectivity index (χ2v) is 4.81. The maximum Gasteiger partial charge on any atom is 0.0449 e. The maximum atomic E-state index is 9.22. The molecule has 0 radical (unpaired) electrons. The first kappa shape index (κ1) is 15.7. The predicted molar refractivity (Wildman–Crippen MR) is 77.6 cm³/mol. The lowest BCUT2D eigenvalue weighted by Crippen LogP contribution is -2.45. The van der Waals surface area contributed by atoms with Crippen molar-refractivity contribution in [3.8, 4) is 0 Å². The summed E-state index contributed by atoms with van der Waals surface area (Å²) in [4.78, 5) is 2.42. The van der Waals surface area contributed by atoms with Crippen LogP contribution in [-0.4, -0.2) is 42.8 Å². The van der Waals surface area contributed by atoms with E-state index in [4.69, 9.17) is 11.6 Å². The lowest BCUT2D eigenvalue weighted by Gasteiger charge is -2.35. The van der Waals surface area contributed by atoms with Gasteiger partial charge >= 0.3 is 0 Å².